The van der Waals surface area contributed by atoms with Crippen molar-refractivity contribution in [2.75, 3.05) is 11.9 Å². The van der Waals surface area contributed by atoms with Crippen molar-refractivity contribution < 1.29 is 9.90 Å². The first kappa shape index (κ1) is 12.6. The molecule has 0 bridgehead atoms. The van der Waals surface area contributed by atoms with E-state index in [1.165, 1.54) is 0 Å². The molecule has 1 aliphatic rings. The summed E-state index contributed by atoms with van der Waals surface area (Å²) >= 11 is 0. The molecular formula is C15H15N3O2. The van der Waals surface area contributed by atoms with Gasteiger partial charge in [-0.1, -0.05) is 30.3 Å². The lowest BCUT2D eigenvalue weighted by molar-refractivity contribution is 0.209. The average molecular weight is 269 g/mol. The first-order valence-electron chi connectivity index (χ1n) is 6.53. The molecule has 3 N–H and O–H groups in total. The van der Waals surface area contributed by atoms with Crippen LogP contribution in [0.25, 0.3) is 11.3 Å². The fraction of sp³-hybridized carbons (Fsp3) is 0.200. The summed E-state index contributed by atoms with van der Waals surface area (Å²) in [5.41, 5.74) is 4.22. The maximum absolute atomic E-state index is 11.0. The number of nitrogens with one attached hydrogen (secondary N) is 2. The average Bonchev–Trinajstić information content (AvgIpc) is 2.47. The summed E-state index contributed by atoms with van der Waals surface area (Å²) in [5, 5.41) is 14.7. The number of hydrogen-bond donors (Lipinski definition) is 3. The van der Waals surface area contributed by atoms with Gasteiger partial charge in [-0.25, -0.2) is 9.78 Å². The highest BCUT2D eigenvalue weighted by Gasteiger charge is 2.16. The van der Waals surface area contributed by atoms with Crippen LogP contribution in [0.3, 0.4) is 0 Å². The van der Waals surface area contributed by atoms with Crippen molar-refractivity contribution in [2.24, 2.45) is 0 Å². The zero-order chi connectivity index (χ0) is 13.9. The Bertz CT molecular complexity index is 641. The van der Waals surface area contributed by atoms with Gasteiger partial charge in [0.25, 0.3) is 0 Å². The summed E-state index contributed by atoms with van der Waals surface area (Å²) in [6.45, 7) is 1.62. The fourth-order valence-corrected chi connectivity index (χ4v) is 2.42. The molecule has 3 rings (SSSR count). The molecule has 1 aliphatic heterocycles. The highest BCUT2D eigenvalue weighted by Crippen LogP contribution is 2.29. The fourth-order valence-electron chi connectivity index (χ4n) is 2.42. The predicted octanol–water partition coefficient (Wildman–Crippen LogP) is 2.48. The van der Waals surface area contributed by atoms with Crippen molar-refractivity contribution >= 4 is 11.8 Å². The van der Waals surface area contributed by atoms with Crippen molar-refractivity contribution in [2.45, 2.75) is 13.0 Å². The number of carboxylic acid groups (broad SMARTS) is 1. The molecule has 1 aromatic heterocycles. The van der Waals surface area contributed by atoms with E-state index in [0.29, 0.717) is 11.4 Å². The molecule has 0 spiro atoms. The Morgan fingerprint density at radius 2 is 2.10 bits per heavy atom. The zero-order valence-corrected chi connectivity index (χ0v) is 10.9. The first-order chi connectivity index (χ1) is 9.74. The van der Waals surface area contributed by atoms with Gasteiger partial charge in [0.05, 0.1) is 17.1 Å². The van der Waals surface area contributed by atoms with E-state index in [1.807, 2.05) is 36.4 Å². The van der Waals surface area contributed by atoms with Gasteiger partial charge < -0.3 is 10.4 Å². The second-order valence-corrected chi connectivity index (χ2v) is 4.71. The Hall–Kier alpha value is -2.40. The van der Waals surface area contributed by atoms with Gasteiger partial charge in [-0.15, -0.1) is 0 Å². The molecule has 0 saturated carbocycles. The zero-order valence-electron chi connectivity index (χ0n) is 10.9. The Kier molecular flexibility index (Phi) is 3.35. The van der Waals surface area contributed by atoms with Crippen LogP contribution in [-0.2, 0) is 13.0 Å². The van der Waals surface area contributed by atoms with Crippen LogP contribution in [0.15, 0.2) is 36.4 Å². The van der Waals surface area contributed by atoms with E-state index in [1.54, 1.807) is 0 Å². The number of aromatic nitrogens is 1. The van der Waals surface area contributed by atoms with Crippen molar-refractivity contribution in [1.29, 1.82) is 0 Å². The molecule has 1 amide bonds. The van der Waals surface area contributed by atoms with E-state index in [4.69, 9.17) is 5.11 Å². The molecule has 0 unspecified atom stereocenters. The number of nitrogens with zero attached hydrogens (tertiary/aromatic N) is 1. The van der Waals surface area contributed by atoms with Gasteiger partial charge in [-0.3, -0.25) is 5.32 Å². The van der Waals surface area contributed by atoms with Gasteiger partial charge in [0, 0.05) is 12.1 Å². The molecule has 0 fully saturated rings. The highest BCUT2D eigenvalue weighted by molar-refractivity contribution is 5.89. The number of amides is 1. The number of pyridine rings is 1. The molecule has 0 radical (unpaired) electrons. The molecular weight excluding hydrogens is 254 g/mol. The van der Waals surface area contributed by atoms with Crippen LogP contribution in [0.1, 0.15) is 11.3 Å². The normalized spacial score (nSPS) is 13.6. The Labute approximate surface area is 116 Å². The summed E-state index contributed by atoms with van der Waals surface area (Å²) in [6, 6.07) is 11.5. The summed E-state index contributed by atoms with van der Waals surface area (Å²) in [6.07, 6.45) is -0.205. The molecule has 0 aliphatic carbocycles. The third kappa shape index (κ3) is 2.48. The van der Waals surface area contributed by atoms with Gasteiger partial charge >= 0.3 is 6.09 Å². The molecule has 0 saturated heterocycles. The van der Waals surface area contributed by atoms with Crippen LogP contribution in [0, 0.1) is 0 Å². The quantitative estimate of drug-likeness (QED) is 0.783. The van der Waals surface area contributed by atoms with Crippen LogP contribution in [0.2, 0.25) is 0 Å². The Balaban J connectivity index is 2.12. The van der Waals surface area contributed by atoms with E-state index < -0.39 is 6.09 Å². The number of anilines is 1. The van der Waals surface area contributed by atoms with Crippen LogP contribution in [0.4, 0.5) is 10.5 Å². The van der Waals surface area contributed by atoms with Gasteiger partial charge in [0.2, 0.25) is 0 Å². The van der Waals surface area contributed by atoms with E-state index in [2.05, 4.69) is 15.6 Å². The predicted molar refractivity (Wildman–Crippen MR) is 76.7 cm³/mol. The first-order valence-corrected chi connectivity index (χ1v) is 6.53. The molecule has 1 aromatic carbocycles. The Morgan fingerprint density at radius 1 is 1.30 bits per heavy atom. The third-order valence-corrected chi connectivity index (χ3v) is 3.34. The number of carbonyl (C=O) groups is 1. The number of fused-ring (bicyclic) bond motifs is 1. The van der Waals surface area contributed by atoms with Crippen LogP contribution >= 0.6 is 0 Å². The molecule has 2 aromatic rings. The molecule has 5 heteroatoms. The summed E-state index contributed by atoms with van der Waals surface area (Å²) in [7, 11) is 0. The number of rotatable bonds is 2. The van der Waals surface area contributed by atoms with Crippen LogP contribution < -0.4 is 10.6 Å². The Morgan fingerprint density at radius 3 is 2.85 bits per heavy atom. The van der Waals surface area contributed by atoms with Crippen molar-refractivity contribution in [3.63, 3.8) is 0 Å². The topological polar surface area (TPSA) is 74.2 Å². The van der Waals surface area contributed by atoms with E-state index in [9.17, 15) is 4.79 Å². The molecule has 2 heterocycles. The van der Waals surface area contributed by atoms with Gasteiger partial charge in [-0.2, -0.15) is 0 Å². The molecule has 20 heavy (non-hydrogen) atoms. The lowest BCUT2D eigenvalue weighted by atomic mass is 10.0. The highest BCUT2D eigenvalue weighted by atomic mass is 16.4. The monoisotopic (exact) mass is 269 g/mol. The second kappa shape index (κ2) is 5.30. The SMILES string of the molecule is O=C(O)Nc1cc2c(nc1-c1ccccc1)CNCC2. The standard InChI is InChI=1S/C15H15N3O2/c19-15(20)18-12-8-11-6-7-16-9-13(11)17-14(12)10-4-2-1-3-5-10/h1-5,8,16,18H,6-7,9H2,(H,19,20). The van der Waals surface area contributed by atoms with Crippen molar-refractivity contribution in [1.82, 2.24) is 10.3 Å². The van der Waals surface area contributed by atoms with Crippen molar-refractivity contribution in [3.05, 3.63) is 47.7 Å². The van der Waals surface area contributed by atoms with Crippen LogP contribution in [0.5, 0.6) is 0 Å². The van der Waals surface area contributed by atoms with E-state index in [-0.39, 0.29) is 0 Å². The minimum Gasteiger partial charge on any atom is -0.465 e. The summed E-state index contributed by atoms with van der Waals surface area (Å²) < 4.78 is 0. The third-order valence-electron chi connectivity index (χ3n) is 3.34. The minimum absolute atomic E-state index is 0.546. The number of benzene rings is 1. The minimum atomic E-state index is -1.07. The van der Waals surface area contributed by atoms with Gasteiger partial charge in [-0.05, 0) is 24.6 Å². The van der Waals surface area contributed by atoms with Crippen LogP contribution in [-0.4, -0.2) is 22.7 Å². The van der Waals surface area contributed by atoms with E-state index in [0.717, 1.165) is 36.3 Å². The molecule has 102 valence electrons. The lowest BCUT2D eigenvalue weighted by Gasteiger charge is -2.19. The number of hydrogen-bond acceptors (Lipinski definition) is 3. The lowest BCUT2D eigenvalue weighted by Crippen LogP contribution is -2.25. The second-order valence-electron chi connectivity index (χ2n) is 4.71. The molecule has 0 atom stereocenters. The maximum atomic E-state index is 11.0. The van der Waals surface area contributed by atoms with Gasteiger partial charge in [0.1, 0.15) is 0 Å². The maximum Gasteiger partial charge on any atom is 0.409 e. The smallest absolute Gasteiger partial charge is 0.409 e. The largest absolute Gasteiger partial charge is 0.465 e. The van der Waals surface area contributed by atoms with Crippen molar-refractivity contribution in [3.8, 4) is 11.3 Å². The van der Waals surface area contributed by atoms with E-state index >= 15 is 0 Å². The summed E-state index contributed by atoms with van der Waals surface area (Å²) in [4.78, 5) is 15.6. The summed E-state index contributed by atoms with van der Waals surface area (Å²) in [5.74, 6) is 0. The molecule has 5 nitrogen and oxygen atoms in total. The van der Waals surface area contributed by atoms with Gasteiger partial charge in [0.15, 0.2) is 0 Å².